The molecule has 2 aromatic rings. The monoisotopic (exact) mass is 314 g/mol. The van der Waals surface area contributed by atoms with E-state index in [0.29, 0.717) is 22.0 Å². The van der Waals surface area contributed by atoms with Crippen LogP contribution in [-0.2, 0) is 22.3 Å². The van der Waals surface area contributed by atoms with Crippen molar-refractivity contribution in [2.45, 2.75) is 26.1 Å². The van der Waals surface area contributed by atoms with Crippen LogP contribution >= 0.6 is 11.6 Å². The summed E-state index contributed by atoms with van der Waals surface area (Å²) in [6, 6.07) is 6.87. The molecule has 1 heterocycles. The molecule has 0 radical (unpaired) electrons. The van der Waals surface area contributed by atoms with Gasteiger partial charge in [-0.2, -0.15) is 0 Å². The molecule has 108 valence electrons. The molecule has 0 spiro atoms. The highest BCUT2D eigenvalue weighted by Crippen LogP contribution is 2.18. The van der Waals surface area contributed by atoms with Crippen LogP contribution in [0.15, 0.2) is 28.8 Å². The molecule has 0 atom stereocenters. The van der Waals surface area contributed by atoms with Crippen LogP contribution in [-0.4, -0.2) is 13.6 Å². The van der Waals surface area contributed by atoms with Crippen LogP contribution in [0.1, 0.15) is 22.6 Å². The van der Waals surface area contributed by atoms with Gasteiger partial charge in [0.1, 0.15) is 5.76 Å². The number of rotatable bonds is 5. The molecule has 0 aliphatic heterocycles. The zero-order valence-corrected chi connectivity index (χ0v) is 12.8. The van der Waals surface area contributed by atoms with E-state index in [0.717, 1.165) is 5.56 Å². The number of hydrogen-bond donors (Lipinski definition) is 1. The van der Waals surface area contributed by atoms with Crippen molar-refractivity contribution in [2.75, 3.05) is 0 Å². The minimum atomic E-state index is -3.47. The van der Waals surface area contributed by atoms with Crippen molar-refractivity contribution in [1.82, 2.24) is 9.88 Å². The molecule has 0 fully saturated rings. The van der Waals surface area contributed by atoms with Crippen LogP contribution in [0.2, 0.25) is 5.02 Å². The van der Waals surface area contributed by atoms with E-state index < -0.39 is 10.0 Å². The van der Waals surface area contributed by atoms with Crippen LogP contribution in [0.3, 0.4) is 0 Å². The van der Waals surface area contributed by atoms with Gasteiger partial charge in [0.2, 0.25) is 10.0 Å². The number of halogens is 1. The van der Waals surface area contributed by atoms with Gasteiger partial charge in [-0.3, -0.25) is 0 Å². The van der Waals surface area contributed by atoms with Gasteiger partial charge in [-0.15, -0.1) is 0 Å². The highest BCUT2D eigenvalue weighted by molar-refractivity contribution is 7.88. The van der Waals surface area contributed by atoms with Crippen LogP contribution in [0.4, 0.5) is 0 Å². The Morgan fingerprint density at radius 1 is 1.30 bits per heavy atom. The number of benzene rings is 1. The van der Waals surface area contributed by atoms with E-state index in [1.807, 2.05) is 0 Å². The Labute approximate surface area is 123 Å². The highest BCUT2D eigenvalue weighted by atomic mass is 35.5. The fraction of sp³-hybridized carbons (Fsp3) is 0.308. The van der Waals surface area contributed by atoms with Crippen LogP contribution in [0.5, 0.6) is 0 Å². The lowest BCUT2D eigenvalue weighted by Crippen LogP contribution is -2.25. The van der Waals surface area contributed by atoms with Crippen LogP contribution < -0.4 is 4.72 Å². The minimum absolute atomic E-state index is 0.157. The first-order valence-corrected chi connectivity index (χ1v) is 8.04. The van der Waals surface area contributed by atoms with Gasteiger partial charge in [0.25, 0.3) is 0 Å². The van der Waals surface area contributed by atoms with Gasteiger partial charge in [-0.05, 0) is 25.5 Å². The lowest BCUT2D eigenvalue weighted by Gasteiger charge is -2.07. The van der Waals surface area contributed by atoms with Crippen molar-refractivity contribution < 1.29 is 12.9 Å². The zero-order chi connectivity index (χ0) is 14.8. The summed E-state index contributed by atoms with van der Waals surface area (Å²) in [6.45, 7) is 3.68. The summed E-state index contributed by atoms with van der Waals surface area (Å²) in [5.41, 5.74) is 2.01. The standard InChI is InChI=1S/C13H15ClN2O3S/c1-9-12(10(2)19-16-9)7-15-20(17,18)8-11-5-3-4-6-13(11)14/h3-6,15H,7-8H2,1-2H3. The third-order valence-corrected chi connectivity index (χ3v) is 4.60. The fourth-order valence-electron chi connectivity index (χ4n) is 1.81. The van der Waals surface area contributed by atoms with Crippen molar-refractivity contribution in [3.05, 3.63) is 51.9 Å². The van der Waals surface area contributed by atoms with Crippen molar-refractivity contribution in [3.8, 4) is 0 Å². The van der Waals surface area contributed by atoms with Gasteiger partial charge in [0, 0.05) is 17.1 Å². The molecule has 20 heavy (non-hydrogen) atoms. The number of nitrogens with zero attached hydrogens (tertiary/aromatic N) is 1. The van der Waals surface area contributed by atoms with Gasteiger partial charge in [0.15, 0.2) is 0 Å². The predicted molar refractivity (Wildman–Crippen MR) is 76.9 cm³/mol. The number of nitrogens with one attached hydrogen (secondary N) is 1. The SMILES string of the molecule is Cc1noc(C)c1CNS(=O)(=O)Cc1ccccc1Cl. The Hall–Kier alpha value is -1.37. The van der Waals surface area contributed by atoms with Crippen molar-refractivity contribution in [1.29, 1.82) is 0 Å². The third-order valence-electron chi connectivity index (χ3n) is 2.95. The quantitative estimate of drug-likeness (QED) is 0.920. The topological polar surface area (TPSA) is 72.2 Å². The molecule has 0 bridgehead atoms. The Kier molecular flexibility index (Phi) is 4.47. The zero-order valence-electron chi connectivity index (χ0n) is 11.2. The second-order valence-electron chi connectivity index (χ2n) is 4.47. The van der Waals surface area contributed by atoms with Crippen LogP contribution in [0.25, 0.3) is 0 Å². The Balaban J connectivity index is 2.07. The second-order valence-corrected chi connectivity index (χ2v) is 6.69. The number of aryl methyl sites for hydroxylation is 2. The van der Waals surface area contributed by atoms with E-state index in [4.69, 9.17) is 16.1 Å². The summed E-state index contributed by atoms with van der Waals surface area (Å²) in [6.07, 6.45) is 0. The summed E-state index contributed by atoms with van der Waals surface area (Å²) in [7, 11) is -3.47. The first-order chi connectivity index (χ1) is 9.39. The maximum absolute atomic E-state index is 12.0. The molecule has 1 aromatic heterocycles. The molecule has 0 amide bonds. The third kappa shape index (κ3) is 3.59. The number of aromatic nitrogens is 1. The number of sulfonamides is 1. The van der Waals surface area contributed by atoms with Gasteiger partial charge < -0.3 is 4.52 Å². The molecule has 1 N–H and O–H groups in total. The van der Waals surface area contributed by atoms with Gasteiger partial charge in [-0.25, -0.2) is 13.1 Å². The van der Waals surface area contributed by atoms with Crippen molar-refractivity contribution >= 4 is 21.6 Å². The summed E-state index contributed by atoms with van der Waals surface area (Å²) in [5, 5.41) is 4.22. The molecule has 0 saturated heterocycles. The van der Waals surface area contributed by atoms with E-state index >= 15 is 0 Å². The molecule has 0 aliphatic carbocycles. The highest BCUT2D eigenvalue weighted by Gasteiger charge is 2.16. The first-order valence-electron chi connectivity index (χ1n) is 6.01. The van der Waals surface area contributed by atoms with Crippen molar-refractivity contribution in [3.63, 3.8) is 0 Å². The summed E-state index contributed by atoms with van der Waals surface area (Å²) in [4.78, 5) is 0. The van der Waals surface area contributed by atoms with E-state index in [2.05, 4.69) is 9.88 Å². The predicted octanol–water partition coefficient (Wildman–Crippen LogP) is 2.56. The maximum atomic E-state index is 12.0. The van der Waals surface area contributed by atoms with Crippen molar-refractivity contribution in [2.24, 2.45) is 0 Å². The average Bonchev–Trinajstić information content (AvgIpc) is 2.69. The van der Waals surface area contributed by atoms with Gasteiger partial charge in [-0.1, -0.05) is 35.0 Å². The fourth-order valence-corrected chi connectivity index (χ4v) is 3.22. The molecule has 0 unspecified atom stereocenters. The largest absolute Gasteiger partial charge is 0.361 e. The van der Waals surface area contributed by atoms with Crippen LogP contribution in [0, 0.1) is 13.8 Å². The molecular formula is C13H15ClN2O3S. The average molecular weight is 315 g/mol. The summed E-state index contributed by atoms with van der Waals surface area (Å²) >= 11 is 5.96. The smallest absolute Gasteiger partial charge is 0.216 e. The molecule has 5 nitrogen and oxygen atoms in total. The van der Waals surface area contributed by atoms with Gasteiger partial charge >= 0.3 is 0 Å². The second kappa shape index (κ2) is 5.95. The van der Waals surface area contributed by atoms with E-state index in [1.54, 1.807) is 38.1 Å². The lowest BCUT2D eigenvalue weighted by atomic mass is 10.2. The molecular weight excluding hydrogens is 300 g/mol. The Morgan fingerprint density at radius 3 is 2.60 bits per heavy atom. The summed E-state index contributed by atoms with van der Waals surface area (Å²) < 4.78 is 31.6. The molecule has 0 aliphatic rings. The Morgan fingerprint density at radius 2 is 2.00 bits per heavy atom. The molecule has 2 rings (SSSR count). The van der Waals surface area contributed by atoms with E-state index in [1.165, 1.54) is 0 Å². The van der Waals surface area contributed by atoms with E-state index in [-0.39, 0.29) is 12.3 Å². The normalized spacial score (nSPS) is 11.8. The molecule has 7 heteroatoms. The van der Waals surface area contributed by atoms with E-state index in [9.17, 15) is 8.42 Å². The first kappa shape index (κ1) is 15.0. The summed E-state index contributed by atoms with van der Waals surface area (Å²) in [5.74, 6) is 0.457. The number of hydrogen-bond acceptors (Lipinski definition) is 4. The minimum Gasteiger partial charge on any atom is -0.361 e. The van der Waals surface area contributed by atoms with Gasteiger partial charge in [0.05, 0.1) is 11.4 Å². The molecule has 0 saturated carbocycles. The Bertz CT molecular complexity index is 691. The lowest BCUT2D eigenvalue weighted by molar-refractivity contribution is 0.392. The molecule has 1 aromatic carbocycles. The maximum Gasteiger partial charge on any atom is 0.216 e.